The molecule has 21 heavy (non-hydrogen) atoms. The van der Waals surface area contributed by atoms with Crippen LogP contribution in [-0.4, -0.2) is 38.5 Å². The molecule has 1 unspecified atom stereocenters. The van der Waals surface area contributed by atoms with Crippen LogP contribution in [0.3, 0.4) is 0 Å². The predicted molar refractivity (Wildman–Crippen MR) is 83.2 cm³/mol. The van der Waals surface area contributed by atoms with Gasteiger partial charge in [-0.1, -0.05) is 36.4 Å². The van der Waals surface area contributed by atoms with E-state index in [1.165, 1.54) is 5.56 Å². The van der Waals surface area contributed by atoms with E-state index >= 15 is 0 Å². The molecular weight excluding hydrogens is 264 g/mol. The van der Waals surface area contributed by atoms with E-state index in [2.05, 4.69) is 22.4 Å². The van der Waals surface area contributed by atoms with E-state index < -0.39 is 0 Å². The van der Waals surface area contributed by atoms with Gasteiger partial charge in [0.1, 0.15) is 0 Å². The van der Waals surface area contributed by atoms with Gasteiger partial charge in [0.2, 0.25) is 0 Å². The lowest BCUT2D eigenvalue weighted by Gasteiger charge is -2.18. The molecule has 112 valence electrons. The topological polar surface area (TPSA) is 43.4 Å². The van der Waals surface area contributed by atoms with Crippen molar-refractivity contribution in [3.05, 3.63) is 66.0 Å². The Balaban J connectivity index is 1.94. The maximum absolute atomic E-state index is 5.49. The number of rotatable bonds is 9. The Morgan fingerprint density at radius 3 is 2.52 bits per heavy atom. The van der Waals surface area contributed by atoms with Gasteiger partial charge in [-0.05, 0) is 17.7 Å². The molecule has 0 fully saturated rings. The molecule has 2 rings (SSSR count). The lowest BCUT2D eigenvalue weighted by Crippen LogP contribution is -2.27. The minimum absolute atomic E-state index is 0.0819. The number of methoxy groups -OCH3 is 1. The van der Waals surface area contributed by atoms with Crippen LogP contribution < -0.4 is 5.32 Å². The summed E-state index contributed by atoms with van der Waals surface area (Å²) in [4.78, 5) is 4.46. The summed E-state index contributed by atoms with van der Waals surface area (Å²) in [5.41, 5.74) is 2.22. The van der Waals surface area contributed by atoms with Crippen LogP contribution in [0.4, 0.5) is 0 Å². The highest BCUT2D eigenvalue weighted by Crippen LogP contribution is 2.19. The lowest BCUT2D eigenvalue weighted by atomic mass is 10.0. The zero-order chi connectivity index (χ0) is 14.8. The van der Waals surface area contributed by atoms with Crippen molar-refractivity contribution in [3.63, 3.8) is 0 Å². The Morgan fingerprint density at radius 1 is 1.00 bits per heavy atom. The van der Waals surface area contributed by atoms with Gasteiger partial charge in [0, 0.05) is 19.9 Å². The van der Waals surface area contributed by atoms with Gasteiger partial charge in [0.05, 0.1) is 31.6 Å². The fourth-order valence-electron chi connectivity index (χ4n) is 2.11. The second kappa shape index (κ2) is 9.23. The summed E-state index contributed by atoms with van der Waals surface area (Å²) in [7, 11) is 1.67. The fraction of sp³-hybridized carbons (Fsp3) is 0.353. The SMILES string of the molecule is COCCOCCNC(c1ccccc1)c1ccccn1. The first-order valence-electron chi connectivity index (χ1n) is 7.18. The highest BCUT2D eigenvalue weighted by molar-refractivity contribution is 5.27. The predicted octanol–water partition coefficient (Wildman–Crippen LogP) is 2.42. The monoisotopic (exact) mass is 286 g/mol. The molecule has 1 N–H and O–H groups in total. The molecule has 0 aliphatic rings. The third-order valence-corrected chi connectivity index (χ3v) is 3.14. The van der Waals surface area contributed by atoms with Gasteiger partial charge >= 0.3 is 0 Å². The Morgan fingerprint density at radius 2 is 1.81 bits per heavy atom. The molecule has 0 spiro atoms. The van der Waals surface area contributed by atoms with Crippen LogP contribution in [0.15, 0.2) is 54.7 Å². The summed E-state index contributed by atoms with van der Waals surface area (Å²) in [5, 5.41) is 3.50. The molecule has 1 aromatic carbocycles. The fourth-order valence-corrected chi connectivity index (χ4v) is 2.11. The first kappa shape index (κ1) is 15.6. The minimum atomic E-state index is 0.0819. The molecule has 0 saturated heterocycles. The van der Waals surface area contributed by atoms with Crippen molar-refractivity contribution in [1.82, 2.24) is 10.3 Å². The van der Waals surface area contributed by atoms with Gasteiger partial charge in [-0.25, -0.2) is 0 Å². The summed E-state index contributed by atoms with van der Waals surface area (Å²) in [6, 6.07) is 16.4. The summed E-state index contributed by atoms with van der Waals surface area (Å²) in [5.74, 6) is 0. The van der Waals surface area contributed by atoms with E-state index in [4.69, 9.17) is 9.47 Å². The normalized spacial score (nSPS) is 12.2. The van der Waals surface area contributed by atoms with Gasteiger partial charge < -0.3 is 14.8 Å². The molecule has 4 nitrogen and oxygen atoms in total. The summed E-state index contributed by atoms with van der Waals surface area (Å²) in [6.07, 6.45) is 1.82. The van der Waals surface area contributed by atoms with Gasteiger partial charge in [-0.15, -0.1) is 0 Å². The van der Waals surface area contributed by atoms with Crippen molar-refractivity contribution in [1.29, 1.82) is 0 Å². The Labute approximate surface area is 126 Å². The van der Waals surface area contributed by atoms with Crippen LogP contribution in [0, 0.1) is 0 Å². The quantitative estimate of drug-likeness (QED) is 0.719. The first-order chi connectivity index (χ1) is 10.4. The molecular formula is C17H22N2O2. The molecule has 1 aromatic heterocycles. The van der Waals surface area contributed by atoms with E-state index in [1.54, 1.807) is 7.11 Å². The smallest absolute Gasteiger partial charge is 0.0752 e. The lowest BCUT2D eigenvalue weighted by molar-refractivity contribution is 0.0714. The summed E-state index contributed by atoms with van der Waals surface area (Å²) < 4.78 is 10.4. The van der Waals surface area contributed by atoms with E-state index in [1.807, 2.05) is 42.6 Å². The third kappa shape index (κ3) is 5.27. The second-order valence-corrected chi connectivity index (χ2v) is 4.66. The maximum atomic E-state index is 5.49. The molecule has 0 saturated carbocycles. The van der Waals surface area contributed by atoms with E-state index in [0.29, 0.717) is 19.8 Å². The van der Waals surface area contributed by atoms with Gasteiger partial charge in [0.15, 0.2) is 0 Å². The number of hydrogen-bond donors (Lipinski definition) is 1. The largest absolute Gasteiger partial charge is 0.382 e. The van der Waals surface area contributed by atoms with Crippen LogP contribution in [0.2, 0.25) is 0 Å². The van der Waals surface area contributed by atoms with Crippen molar-refractivity contribution in [2.45, 2.75) is 6.04 Å². The molecule has 0 radical (unpaired) electrons. The van der Waals surface area contributed by atoms with Crippen molar-refractivity contribution in [3.8, 4) is 0 Å². The van der Waals surface area contributed by atoms with Crippen LogP contribution in [0.5, 0.6) is 0 Å². The average Bonchev–Trinajstić information content (AvgIpc) is 2.56. The van der Waals surface area contributed by atoms with E-state index in [9.17, 15) is 0 Å². The highest BCUT2D eigenvalue weighted by atomic mass is 16.5. The third-order valence-electron chi connectivity index (χ3n) is 3.14. The average molecular weight is 286 g/mol. The van der Waals surface area contributed by atoms with Crippen molar-refractivity contribution < 1.29 is 9.47 Å². The van der Waals surface area contributed by atoms with E-state index in [0.717, 1.165) is 12.2 Å². The molecule has 0 amide bonds. The Kier molecular flexibility index (Phi) is 6.88. The van der Waals surface area contributed by atoms with Gasteiger partial charge in [-0.3, -0.25) is 4.98 Å². The standard InChI is InChI=1S/C17H22N2O2/c1-20-13-14-21-12-11-19-17(15-7-3-2-4-8-15)16-9-5-6-10-18-16/h2-10,17,19H,11-14H2,1H3. The van der Waals surface area contributed by atoms with Crippen LogP contribution >= 0.6 is 0 Å². The second-order valence-electron chi connectivity index (χ2n) is 4.66. The molecule has 1 atom stereocenters. The Hall–Kier alpha value is -1.75. The molecule has 2 aromatic rings. The number of aromatic nitrogens is 1. The molecule has 0 aliphatic heterocycles. The zero-order valence-electron chi connectivity index (χ0n) is 12.4. The maximum Gasteiger partial charge on any atom is 0.0752 e. The van der Waals surface area contributed by atoms with Crippen molar-refractivity contribution in [2.24, 2.45) is 0 Å². The molecule has 1 heterocycles. The van der Waals surface area contributed by atoms with Gasteiger partial charge in [-0.2, -0.15) is 0 Å². The van der Waals surface area contributed by atoms with Crippen LogP contribution in [0.25, 0.3) is 0 Å². The number of pyridine rings is 1. The minimum Gasteiger partial charge on any atom is -0.382 e. The van der Waals surface area contributed by atoms with Crippen molar-refractivity contribution >= 4 is 0 Å². The highest BCUT2D eigenvalue weighted by Gasteiger charge is 2.13. The number of benzene rings is 1. The van der Waals surface area contributed by atoms with Crippen LogP contribution in [0.1, 0.15) is 17.3 Å². The number of nitrogens with zero attached hydrogens (tertiary/aromatic N) is 1. The van der Waals surface area contributed by atoms with Gasteiger partial charge in [0.25, 0.3) is 0 Å². The molecule has 4 heteroatoms. The number of hydrogen-bond acceptors (Lipinski definition) is 4. The summed E-state index contributed by atoms with van der Waals surface area (Å²) in [6.45, 7) is 2.67. The Bertz CT molecular complexity index is 451. The van der Waals surface area contributed by atoms with E-state index in [-0.39, 0.29) is 6.04 Å². The first-order valence-corrected chi connectivity index (χ1v) is 7.18. The van der Waals surface area contributed by atoms with Crippen molar-refractivity contribution in [2.75, 3.05) is 33.5 Å². The van der Waals surface area contributed by atoms with Crippen LogP contribution in [-0.2, 0) is 9.47 Å². The zero-order valence-corrected chi connectivity index (χ0v) is 12.4. The molecule has 0 bridgehead atoms. The molecule has 0 aliphatic carbocycles. The number of nitrogens with one attached hydrogen (secondary N) is 1. The number of ether oxygens (including phenoxy) is 2. The summed E-state index contributed by atoms with van der Waals surface area (Å²) >= 11 is 0.